The van der Waals surface area contributed by atoms with Crippen LogP contribution in [0.5, 0.6) is 0 Å². The number of nitrogens with zero attached hydrogens (tertiary/aromatic N) is 2. The highest BCUT2D eigenvalue weighted by Crippen LogP contribution is 2.33. The van der Waals surface area contributed by atoms with Gasteiger partial charge in [-0.25, -0.2) is 13.2 Å². The van der Waals surface area contributed by atoms with Gasteiger partial charge in [0, 0.05) is 31.7 Å². The highest BCUT2D eigenvalue weighted by molar-refractivity contribution is 7.89. The molecule has 1 aliphatic heterocycles. The van der Waals surface area contributed by atoms with E-state index in [9.17, 15) is 13.2 Å². The molecular weight excluding hydrogens is 396 g/mol. The highest BCUT2D eigenvalue weighted by atomic mass is 32.2. The Labute approximate surface area is 169 Å². The molecular formula is C20H24N2O4S2. The fourth-order valence-corrected chi connectivity index (χ4v) is 6.79. The number of carbonyl (C=O) groups is 1. The van der Waals surface area contributed by atoms with Crippen LogP contribution in [0, 0.1) is 0 Å². The lowest BCUT2D eigenvalue weighted by Crippen LogP contribution is -2.56. The Hall–Kier alpha value is -1.74. The predicted octanol–water partition coefficient (Wildman–Crippen LogP) is 2.61. The number of carbonyl (C=O) groups excluding carboxylic acids is 1. The SMILES string of the molecule is COC(=O)c1sccc1S(=O)(=O)N1CCN(C2CC2)CC1Cc1ccccc1. The lowest BCUT2D eigenvalue weighted by atomic mass is 10.0. The zero-order chi connectivity index (χ0) is 19.7. The number of benzene rings is 1. The van der Waals surface area contributed by atoms with Crippen molar-refractivity contribution in [3.8, 4) is 0 Å². The molecule has 2 fully saturated rings. The van der Waals surface area contributed by atoms with E-state index in [1.165, 1.54) is 26.0 Å². The van der Waals surface area contributed by atoms with Gasteiger partial charge in [-0.2, -0.15) is 4.31 Å². The van der Waals surface area contributed by atoms with Crippen molar-refractivity contribution >= 4 is 27.3 Å². The molecule has 8 heteroatoms. The van der Waals surface area contributed by atoms with E-state index in [0.717, 1.165) is 30.0 Å². The third-order valence-corrected chi connectivity index (χ3v) is 8.44. The molecule has 2 heterocycles. The lowest BCUT2D eigenvalue weighted by Gasteiger charge is -2.40. The van der Waals surface area contributed by atoms with Crippen LogP contribution in [-0.2, 0) is 21.2 Å². The highest BCUT2D eigenvalue weighted by Gasteiger charge is 2.41. The van der Waals surface area contributed by atoms with E-state index in [4.69, 9.17) is 4.74 Å². The Bertz CT molecular complexity index is 938. The van der Waals surface area contributed by atoms with Crippen molar-refractivity contribution < 1.29 is 17.9 Å². The number of rotatable bonds is 6. The molecule has 0 bridgehead atoms. The molecule has 0 spiro atoms. The molecule has 2 aromatic rings. The minimum atomic E-state index is -3.79. The fourth-order valence-electron chi connectivity index (χ4n) is 3.87. The summed E-state index contributed by atoms with van der Waals surface area (Å²) in [5, 5.41) is 1.63. The van der Waals surface area contributed by atoms with Crippen molar-refractivity contribution in [3.05, 3.63) is 52.2 Å². The zero-order valence-electron chi connectivity index (χ0n) is 15.8. The van der Waals surface area contributed by atoms with Crippen LogP contribution in [0.3, 0.4) is 0 Å². The van der Waals surface area contributed by atoms with E-state index in [1.54, 1.807) is 9.69 Å². The van der Waals surface area contributed by atoms with E-state index >= 15 is 0 Å². The summed E-state index contributed by atoms with van der Waals surface area (Å²) in [6.45, 7) is 1.89. The van der Waals surface area contributed by atoms with Gasteiger partial charge in [-0.05, 0) is 36.3 Å². The van der Waals surface area contributed by atoms with Gasteiger partial charge in [0.05, 0.1) is 7.11 Å². The summed E-state index contributed by atoms with van der Waals surface area (Å²) in [5.41, 5.74) is 1.11. The van der Waals surface area contributed by atoms with Gasteiger partial charge in [0.25, 0.3) is 0 Å². The van der Waals surface area contributed by atoms with Crippen LogP contribution in [0.2, 0.25) is 0 Å². The van der Waals surface area contributed by atoms with Crippen LogP contribution in [0.15, 0.2) is 46.7 Å². The molecule has 150 valence electrons. The van der Waals surface area contributed by atoms with Gasteiger partial charge in [-0.3, -0.25) is 4.90 Å². The largest absolute Gasteiger partial charge is 0.465 e. The first kappa shape index (κ1) is 19.6. The molecule has 6 nitrogen and oxygen atoms in total. The summed E-state index contributed by atoms with van der Waals surface area (Å²) in [5.74, 6) is -0.607. The van der Waals surface area contributed by atoms with Crippen LogP contribution in [0.4, 0.5) is 0 Å². The third kappa shape index (κ3) is 3.87. The molecule has 1 unspecified atom stereocenters. The van der Waals surface area contributed by atoms with Gasteiger partial charge in [0.15, 0.2) is 0 Å². The molecule has 1 atom stereocenters. The maximum atomic E-state index is 13.5. The van der Waals surface area contributed by atoms with Gasteiger partial charge < -0.3 is 4.74 Å². The average molecular weight is 421 g/mol. The summed E-state index contributed by atoms with van der Waals surface area (Å²) in [6.07, 6.45) is 3.05. The number of hydrogen-bond acceptors (Lipinski definition) is 6. The van der Waals surface area contributed by atoms with Gasteiger partial charge in [-0.15, -0.1) is 11.3 Å². The molecule has 1 saturated carbocycles. The average Bonchev–Trinajstić information content (AvgIpc) is 3.43. The maximum Gasteiger partial charge on any atom is 0.349 e. The second kappa shape index (κ2) is 7.94. The van der Waals surface area contributed by atoms with Crippen LogP contribution in [0.1, 0.15) is 28.1 Å². The second-order valence-electron chi connectivity index (χ2n) is 7.29. The first-order valence-electron chi connectivity index (χ1n) is 9.46. The number of esters is 1. The number of hydrogen-bond donors (Lipinski definition) is 0. The topological polar surface area (TPSA) is 66.9 Å². The van der Waals surface area contributed by atoms with Crippen LogP contribution in [0.25, 0.3) is 0 Å². The Morgan fingerprint density at radius 3 is 2.61 bits per heavy atom. The Morgan fingerprint density at radius 2 is 1.93 bits per heavy atom. The van der Waals surface area contributed by atoms with Crippen LogP contribution >= 0.6 is 11.3 Å². The number of ether oxygens (including phenoxy) is 1. The summed E-state index contributed by atoms with van der Waals surface area (Å²) < 4.78 is 33.3. The molecule has 1 saturated heterocycles. The minimum Gasteiger partial charge on any atom is -0.465 e. The predicted molar refractivity (Wildman–Crippen MR) is 108 cm³/mol. The summed E-state index contributed by atoms with van der Waals surface area (Å²) in [6, 6.07) is 11.9. The standard InChI is InChI=1S/C20H24N2O4S2/c1-26-20(23)19-18(9-12-27-19)28(24,25)22-11-10-21(16-7-8-16)14-17(22)13-15-5-3-2-4-6-15/h2-6,9,12,16-17H,7-8,10-11,13-14H2,1H3. The third-order valence-electron chi connectivity index (χ3n) is 5.42. The number of thiophene rings is 1. The number of piperazine rings is 1. The monoisotopic (exact) mass is 420 g/mol. The van der Waals surface area contributed by atoms with E-state index in [1.807, 2.05) is 30.3 Å². The van der Waals surface area contributed by atoms with E-state index < -0.39 is 16.0 Å². The first-order chi connectivity index (χ1) is 13.5. The Balaban J connectivity index is 1.65. The maximum absolute atomic E-state index is 13.5. The Morgan fingerprint density at radius 1 is 1.18 bits per heavy atom. The normalized spacial score (nSPS) is 21.5. The van der Waals surface area contributed by atoms with Crippen molar-refractivity contribution in [1.82, 2.24) is 9.21 Å². The second-order valence-corrected chi connectivity index (χ2v) is 10.1. The van der Waals surface area contributed by atoms with Crippen LogP contribution < -0.4 is 0 Å². The van der Waals surface area contributed by atoms with Crippen molar-refractivity contribution in [1.29, 1.82) is 0 Å². The van der Waals surface area contributed by atoms with Crippen molar-refractivity contribution in [2.45, 2.75) is 36.2 Å². The molecule has 1 aromatic carbocycles. The molecule has 0 amide bonds. The fraction of sp³-hybridized carbons (Fsp3) is 0.450. The molecule has 1 aliphatic carbocycles. The Kier molecular flexibility index (Phi) is 5.55. The molecule has 0 N–H and O–H groups in total. The molecule has 4 rings (SSSR count). The van der Waals surface area contributed by atoms with E-state index in [-0.39, 0.29) is 15.8 Å². The summed E-state index contributed by atoms with van der Waals surface area (Å²) in [7, 11) is -2.52. The molecule has 2 aliphatic rings. The zero-order valence-corrected chi connectivity index (χ0v) is 17.4. The first-order valence-corrected chi connectivity index (χ1v) is 11.8. The summed E-state index contributed by atoms with van der Waals surface area (Å²) >= 11 is 1.10. The number of methoxy groups -OCH3 is 1. The summed E-state index contributed by atoms with van der Waals surface area (Å²) in [4.78, 5) is 14.7. The van der Waals surface area contributed by atoms with Gasteiger partial charge in [0.1, 0.15) is 9.77 Å². The number of sulfonamides is 1. The minimum absolute atomic E-state index is 0.0577. The molecule has 28 heavy (non-hydrogen) atoms. The van der Waals surface area contributed by atoms with Crippen molar-refractivity contribution in [2.75, 3.05) is 26.7 Å². The van der Waals surface area contributed by atoms with Crippen molar-refractivity contribution in [3.63, 3.8) is 0 Å². The lowest BCUT2D eigenvalue weighted by molar-refractivity contribution is 0.0601. The van der Waals surface area contributed by atoms with Crippen molar-refractivity contribution in [2.24, 2.45) is 0 Å². The van der Waals surface area contributed by atoms with Gasteiger partial charge >= 0.3 is 5.97 Å². The van der Waals surface area contributed by atoms with Gasteiger partial charge in [-0.1, -0.05) is 30.3 Å². The molecule has 0 radical (unpaired) electrons. The van der Waals surface area contributed by atoms with E-state index in [0.29, 0.717) is 19.0 Å². The quantitative estimate of drug-likeness (QED) is 0.672. The van der Waals surface area contributed by atoms with E-state index in [2.05, 4.69) is 4.90 Å². The van der Waals surface area contributed by atoms with Crippen LogP contribution in [-0.4, -0.2) is 62.4 Å². The molecule has 1 aromatic heterocycles. The van der Waals surface area contributed by atoms with Gasteiger partial charge in [0.2, 0.25) is 10.0 Å². The smallest absolute Gasteiger partial charge is 0.349 e.